The molecule has 0 aliphatic carbocycles. The van der Waals surface area contributed by atoms with Crippen molar-refractivity contribution in [2.75, 3.05) is 7.11 Å². The molecule has 0 atom stereocenters. The van der Waals surface area contributed by atoms with Crippen LogP contribution in [0.1, 0.15) is 5.69 Å². The molecular weight excluding hydrogens is 178 g/mol. The van der Waals surface area contributed by atoms with Crippen molar-refractivity contribution < 1.29 is 9.53 Å². The molecule has 0 aliphatic heterocycles. The number of methoxy groups -OCH3 is 1. The molecule has 1 heterocycles. The van der Waals surface area contributed by atoms with Crippen LogP contribution in [-0.2, 0) is 9.53 Å². The molecule has 4 heteroatoms. The maximum absolute atomic E-state index is 10.7. The minimum Gasteiger partial charge on any atom is -0.466 e. The first-order valence-corrected chi connectivity index (χ1v) is 3.70. The monoisotopic (exact) mass is 185 g/mol. The summed E-state index contributed by atoms with van der Waals surface area (Å²) in [5.74, 6) is -0.402. The van der Waals surface area contributed by atoms with E-state index in [-0.39, 0.29) is 0 Å². The molecule has 0 amide bonds. The normalized spacial score (nSPS) is 10.5. The maximum Gasteiger partial charge on any atom is 0.330 e. The molecule has 1 aromatic heterocycles. The second-order valence-electron chi connectivity index (χ2n) is 2.10. The van der Waals surface area contributed by atoms with Gasteiger partial charge in [-0.05, 0) is 12.1 Å². The molecule has 0 saturated heterocycles. The molecule has 1 aromatic rings. The lowest BCUT2D eigenvalue weighted by molar-refractivity contribution is -0.134. The maximum atomic E-state index is 10.7. The number of carbonyl (C=O) groups is 1. The Morgan fingerprint density at radius 2 is 2.50 bits per heavy atom. The number of aromatic amines is 1. The zero-order valence-corrected chi connectivity index (χ0v) is 7.26. The van der Waals surface area contributed by atoms with Gasteiger partial charge >= 0.3 is 5.97 Å². The number of aromatic nitrogens is 1. The molecule has 1 rings (SSSR count). The van der Waals surface area contributed by atoms with Crippen molar-refractivity contribution in [2.45, 2.75) is 0 Å². The van der Waals surface area contributed by atoms with E-state index in [1.165, 1.54) is 13.2 Å². The van der Waals surface area contributed by atoms with Crippen LogP contribution in [0.15, 0.2) is 18.3 Å². The highest BCUT2D eigenvalue weighted by atomic mass is 35.5. The van der Waals surface area contributed by atoms with Crippen molar-refractivity contribution >= 4 is 23.6 Å². The molecule has 0 unspecified atom stereocenters. The SMILES string of the molecule is COC(=O)/C=C\c1[nH]ccc1Cl. The number of nitrogens with one attached hydrogen (secondary N) is 1. The summed E-state index contributed by atoms with van der Waals surface area (Å²) in [5, 5.41) is 0.579. The lowest BCUT2D eigenvalue weighted by atomic mass is 10.4. The number of ether oxygens (including phenoxy) is 1. The van der Waals surface area contributed by atoms with Crippen LogP contribution < -0.4 is 0 Å². The van der Waals surface area contributed by atoms with Gasteiger partial charge in [-0.15, -0.1) is 0 Å². The summed E-state index contributed by atoms with van der Waals surface area (Å²) in [6, 6.07) is 1.71. The van der Waals surface area contributed by atoms with Gasteiger partial charge in [-0.2, -0.15) is 0 Å². The predicted octanol–water partition coefficient (Wildman–Crippen LogP) is 1.85. The molecule has 1 N–H and O–H groups in total. The van der Waals surface area contributed by atoms with Gasteiger partial charge in [-0.25, -0.2) is 4.79 Å². The number of esters is 1. The highest BCUT2D eigenvalue weighted by Crippen LogP contribution is 2.14. The molecule has 0 aromatic carbocycles. The van der Waals surface area contributed by atoms with E-state index in [0.29, 0.717) is 10.7 Å². The van der Waals surface area contributed by atoms with Crippen molar-refractivity contribution in [3.63, 3.8) is 0 Å². The second-order valence-corrected chi connectivity index (χ2v) is 2.50. The topological polar surface area (TPSA) is 42.1 Å². The summed E-state index contributed by atoms with van der Waals surface area (Å²) < 4.78 is 4.41. The smallest absolute Gasteiger partial charge is 0.330 e. The van der Waals surface area contributed by atoms with Crippen molar-refractivity contribution in [3.8, 4) is 0 Å². The Bertz CT molecular complexity index is 304. The van der Waals surface area contributed by atoms with E-state index in [9.17, 15) is 4.79 Å². The molecule has 0 fully saturated rings. The van der Waals surface area contributed by atoms with Gasteiger partial charge in [-0.3, -0.25) is 0 Å². The number of halogens is 1. The highest BCUT2D eigenvalue weighted by molar-refractivity contribution is 6.32. The van der Waals surface area contributed by atoms with Crippen LogP contribution in [0.2, 0.25) is 5.02 Å². The zero-order chi connectivity index (χ0) is 8.97. The first-order valence-electron chi connectivity index (χ1n) is 3.33. The summed E-state index contributed by atoms with van der Waals surface area (Å²) in [7, 11) is 1.32. The highest BCUT2D eigenvalue weighted by Gasteiger charge is 1.96. The second kappa shape index (κ2) is 3.97. The molecule has 0 spiro atoms. The number of rotatable bonds is 2. The van der Waals surface area contributed by atoms with Crippen LogP contribution in [0.3, 0.4) is 0 Å². The Hall–Kier alpha value is -1.22. The molecule has 3 nitrogen and oxygen atoms in total. The van der Waals surface area contributed by atoms with Gasteiger partial charge in [0.2, 0.25) is 0 Å². The van der Waals surface area contributed by atoms with Crippen LogP contribution in [-0.4, -0.2) is 18.1 Å². The van der Waals surface area contributed by atoms with E-state index < -0.39 is 5.97 Å². The minimum absolute atomic E-state index is 0.402. The van der Waals surface area contributed by atoms with E-state index in [1.807, 2.05) is 0 Å². The van der Waals surface area contributed by atoms with Gasteiger partial charge < -0.3 is 9.72 Å². The van der Waals surface area contributed by atoms with E-state index in [2.05, 4.69) is 9.72 Å². The van der Waals surface area contributed by atoms with Crippen molar-refractivity contribution in [1.82, 2.24) is 4.98 Å². The molecule has 0 bridgehead atoms. The van der Waals surface area contributed by atoms with Crippen LogP contribution >= 0.6 is 11.6 Å². The summed E-state index contributed by atoms with van der Waals surface area (Å²) in [4.78, 5) is 13.5. The molecule has 0 radical (unpaired) electrons. The summed E-state index contributed by atoms with van der Waals surface area (Å²) >= 11 is 5.73. The van der Waals surface area contributed by atoms with Gasteiger partial charge in [0, 0.05) is 12.3 Å². The lowest BCUT2D eigenvalue weighted by Gasteiger charge is -1.89. The number of H-pyrrole nitrogens is 1. The Balaban J connectivity index is 2.69. The van der Waals surface area contributed by atoms with E-state index in [4.69, 9.17) is 11.6 Å². The summed E-state index contributed by atoms with van der Waals surface area (Å²) in [6.45, 7) is 0. The summed E-state index contributed by atoms with van der Waals surface area (Å²) in [5.41, 5.74) is 0.696. The lowest BCUT2D eigenvalue weighted by Crippen LogP contribution is -1.93. The van der Waals surface area contributed by atoms with Crippen LogP contribution in [0.5, 0.6) is 0 Å². The van der Waals surface area contributed by atoms with Crippen molar-refractivity contribution in [2.24, 2.45) is 0 Å². The van der Waals surface area contributed by atoms with Gasteiger partial charge in [0.25, 0.3) is 0 Å². The fourth-order valence-corrected chi connectivity index (χ4v) is 0.891. The average molecular weight is 186 g/mol. The first-order chi connectivity index (χ1) is 5.74. The van der Waals surface area contributed by atoms with Gasteiger partial charge in [-0.1, -0.05) is 11.6 Å². The van der Waals surface area contributed by atoms with Crippen molar-refractivity contribution in [1.29, 1.82) is 0 Å². The fourth-order valence-electron chi connectivity index (χ4n) is 0.710. The number of hydrogen-bond acceptors (Lipinski definition) is 2. The van der Waals surface area contributed by atoms with Gasteiger partial charge in [0.15, 0.2) is 0 Å². The van der Waals surface area contributed by atoms with Gasteiger partial charge in [0.05, 0.1) is 17.8 Å². The van der Waals surface area contributed by atoms with Crippen LogP contribution in [0.25, 0.3) is 6.08 Å². The van der Waals surface area contributed by atoms with Crippen molar-refractivity contribution in [3.05, 3.63) is 29.1 Å². The Morgan fingerprint density at radius 3 is 3.00 bits per heavy atom. The van der Waals surface area contributed by atoms with E-state index in [0.717, 1.165) is 0 Å². The first kappa shape index (κ1) is 8.87. The minimum atomic E-state index is -0.402. The molecule has 64 valence electrons. The predicted molar refractivity (Wildman–Crippen MR) is 46.9 cm³/mol. The Kier molecular flexibility index (Phi) is 2.94. The molecule has 0 aliphatic rings. The number of carbonyl (C=O) groups excluding carboxylic acids is 1. The molecule has 0 saturated carbocycles. The van der Waals surface area contributed by atoms with Crippen LogP contribution in [0.4, 0.5) is 0 Å². The Morgan fingerprint density at radius 1 is 1.75 bits per heavy atom. The summed E-state index contributed by atoms with van der Waals surface area (Å²) in [6.07, 6.45) is 4.56. The zero-order valence-electron chi connectivity index (χ0n) is 6.50. The van der Waals surface area contributed by atoms with E-state index in [1.54, 1.807) is 18.3 Å². The molecule has 12 heavy (non-hydrogen) atoms. The fraction of sp³-hybridized carbons (Fsp3) is 0.125. The van der Waals surface area contributed by atoms with Gasteiger partial charge in [0.1, 0.15) is 0 Å². The van der Waals surface area contributed by atoms with E-state index >= 15 is 0 Å². The third-order valence-corrected chi connectivity index (χ3v) is 1.64. The quantitative estimate of drug-likeness (QED) is 0.565. The third-order valence-electron chi connectivity index (χ3n) is 1.31. The van der Waals surface area contributed by atoms with Crippen LogP contribution in [0, 0.1) is 0 Å². The Labute approximate surface area is 75.0 Å². The largest absolute Gasteiger partial charge is 0.466 e. The standard InChI is InChI=1S/C8H8ClNO2/c1-12-8(11)3-2-7-6(9)4-5-10-7/h2-5,10H,1H3/b3-2-. The average Bonchev–Trinajstić information content (AvgIpc) is 2.47. The number of hydrogen-bond donors (Lipinski definition) is 1. The molecular formula is C8H8ClNO2. The third kappa shape index (κ3) is 2.13.